The fourth-order valence-electron chi connectivity index (χ4n) is 0.893. The van der Waals surface area contributed by atoms with E-state index in [-0.39, 0.29) is 17.9 Å². The predicted octanol–water partition coefficient (Wildman–Crippen LogP) is -1.55. The van der Waals surface area contributed by atoms with Gasteiger partial charge in [-0.25, -0.2) is 0 Å². The second kappa shape index (κ2) is 2.71. The Labute approximate surface area is 62.9 Å². The van der Waals surface area contributed by atoms with Crippen molar-refractivity contribution in [2.45, 2.75) is 6.04 Å². The monoisotopic (exact) mass is 156 g/mol. The van der Waals surface area contributed by atoms with Crippen LogP contribution in [0.4, 0.5) is 0 Å². The molecule has 1 atom stereocenters. The molecule has 11 heavy (non-hydrogen) atoms. The van der Waals surface area contributed by atoms with E-state index in [0.29, 0.717) is 6.29 Å². The molecule has 0 fully saturated rings. The number of carbonyl (C=O) groups is 2. The third-order valence-corrected chi connectivity index (χ3v) is 1.51. The lowest BCUT2D eigenvalue weighted by atomic mass is 10.2. The third kappa shape index (κ3) is 1.10. The zero-order valence-electron chi connectivity index (χ0n) is 5.70. The van der Waals surface area contributed by atoms with Crippen molar-refractivity contribution in [3.05, 3.63) is 11.3 Å². The smallest absolute Gasteiger partial charge is 0.258 e. The number of hydrogen-bond acceptors (Lipinski definition) is 4. The molecule has 0 aromatic heterocycles. The lowest BCUT2D eigenvalue weighted by Crippen LogP contribution is -2.35. The molecule has 0 unspecified atom stereocenters. The van der Waals surface area contributed by atoms with Gasteiger partial charge in [0.05, 0.1) is 6.04 Å². The number of nitrogens with two attached hydrogens (primary N) is 1. The van der Waals surface area contributed by atoms with E-state index in [1.165, 1.54) is 0 Å². The minimum atomic E-state index is -0.595. The van der Waals surface area contributed by atoms with Crippen LogP contribution >= 0.6 is 0 Å². The zero-order valence-corrected chi connectivity index (χ0v) is 5.70. The molecule has 0 bridgehead atoms. The van der Waals surface area contributed by atoms with Crippen molar-refractivity contribution in [1.82, 2.24) is 5.32 Å². The first kappa shape index (κ1) is 7.74. The summed E-state index contributed by atoms with van der Waals surface area (Å²) in [6.45, 7) is 0.0922. The van der Waals surface area contributed by atoms with Gasteiger partial charge in [-0.05, 0) is 0 Å². The largest absolute Gasteiger partial charge is 0.509 e. The van der Waals surface area contributed by atoms with Crippen LogP contribution < -0.4 is 11.1 Å². The fourth-order valence-corrected chi connectivity index (χ4v) is 0.893. The van der Waals surface area contributed by atoms with Crippen molar-refractivity contribution in [1.29, 1.82) is 0 Å². The zero-order chi connectivity index (χ0) is 8.43. The van der Waals surface area contributed by atoms with E-state index in [9.17, 15) is 9.59 Å². The van der Waals surface area contributed by atoms with Crippen LogP contribution in [0.2, 0.25) is 0 Å². The highest BCUT2D eigenvalue weighted by molar-refractivity contribution is 6.13. The van der Waals surface area contributed by atoms with Gasteiger partial charge < -0.3 is 16.2 Å². The van der Waals surface area contributed by atoms with E-state index >= 15 is 0 Å². The van der Waals surface area contributed by atoms with Crippen LogP contribution in [0, 0.1) is 0 Å². The topological polar surface area (TPSA) is 92.4 Å². The maximum absolute atomic E-state index is 10.8. The Morgan fingerprint density at radius 3 is 2.64 bits per heavy atom. The number of nitrogens with one attached hydrogen (secondary N) is 1. The third-order valence-electron chi connectivity index (χ3n) is 1.51. The summed E-state index contributed by atoms with van der Waals surface area (Å²) in [4.78, 5) is 20.9. The first-order chi connectivity index (χ1) is 5.20. The number of aldehydes is 1. The van der Waals surface area contributed by atoms with Crippen molar-refractivity contribution in [2.24, 2.45) is 5.73 Å². The number of hydrogen-bond donors (Lipinski definition) is 3. The highest BCUT2D eigenvalue weighted by Crippen LogP contribution is 2.11. The SMILES string of the molecule is NC[C@@H]1NC(=O)C(C=O)=C1O. The van der Waals surface area contributed by atoms with Gasteiger partial charge in [-0.15, -0.1) is 0 Å². The molecule has 4 N–H and O–H groups in total. The minimum absolute atomic E-state index is 0.0922. The summed E-state index contributed by atoms with van der Waals surface area (Å²) in [7, 11) is 0. The van der Waals surface area contributed by atoms with Gasteiger partial charge in [-0.2, -0.15) is 0 Å². The summed E-state index contributed by atoms with van der Waals surface area (Å²) >= 11 is 0. The summed E-state index contributed by atoms with van der Waals surface area (Å²) in [5.41, 5.74) is 4.96. The van der Waals surface area contributed by atoms with E-state index < -0.39 is 11.9 Å². The van der Waals surface area contributed by atoms with Gasteiger partial charge in [-0.1, -0.05) is 0 Å². The van der Waals surface area contributed by atoms with E-state index in [1.807, 2.05) is 0 Å². The summed E-state index contributed by atoms with van der Waals surface area (Å²) in [6.07, 6.45) is 0.320. The van der Waals surface area contributed by atoms with Gasteiger partial charge in [0.1, 0.15) is 11.3 Å². The Morgan fingerprint density at radius 2 is 2.36 bits per heavy atom. The van der Waals surface area contributed by atoms with Crippen molar-refractivity contribution < 1.29 is 14.7 Å². The molecule has 0 aliphatic carbocycles. The molecule has 0 radical (unpaired) electrons. The van der Waals surface area contributed by atoms with Gasteiger partial charge >= 0.3 is 0 Å². The standard InChI is InChI=1S/C6H8N2O3/c7-1-4-5(10)3(2-9)6(11)8-4/h2,4,10H,1,7H2,(H,8,11)/t4-/m0/s1. The second-order valence-corrected chi connectivity index (χ2v) is 2.18. The first-order valence-corrected chi connectivity index (χ1v) is 3.10. The lowest BCUT2D eigenvalue weighted by Gasteiger charge is -2.05. The van der Waals surface area contributed by atoms with Crippen molar-refractivity contribution in [3.8, 4) is 0 Å². The molecule has 60 valence electrons. The maximum atomic E-state index is 10.8. The molecule has 0 aromatic rings. The van der Waals surface area contributed by atoms with Crippen LogP contribution in [0.3, 0.4) is 0 Å². The molecule has 5 nitrogen and oxygen atoms in total. The Bertz CT molecular complexity index is 234. The average Bonchev–Trinajstić information content (AvgIpc) is 2.26. The quantitative estimate of drug-likeness (QED) is 0.333. The van der Waals surface area contributed by atoms with E-state index in [2.05, 4.69) is 5.32 Å². The Hall–Kier alpha value is -1.36. The van der Waals surface area contributed by atoms with E-state index in [1.54, 1.807) is 0 Å². The lowest BCUT2D eigenvalue weighted by molar-refractivity contribution is -0.118. The van der Waals surface area contributed by atoms with Gasteiger partial charge in [0.15, 0.2) is 6.29 Å². The molecule has 1 aliphatic heterocycles. The molecular weight excluding hydrogens is 148 g/mol. The van der Waals surface area contributed by atoms with Gasteiger partial charge in [0, 0.05) is 6.54 Å². The van der Waals surface area contributed by atoms with Gasteiger partial charge in [0.2, 0.25) is 0 Å². The number of aliphatic hydroxyl groups is 1. The summed E-state index contributed by atoms with van der Waals surface area (Å²) in [6, 6.07) is -0.595. The van der Waals surface area contributed by atoms with Crippen molar-refractivity contribution >= 4 is 12.2 Å². The second-order valence-electron chi connectivity index (χ2n) is 2.18. The van der Waals surface area contributed by atoms with Gasteiger partial charge in [-0.3, -0.25) is 9.59 Å². The molecule has 5 heteroatoms. The minimum Gasteiger partial charge on any atom is -0.509 e. The van der Waals surface area contributed by atoms with Crippen molar-refractivity contribution in [3.63, 3.8) is 0 Å². The number of carbonyl (C=O) groups excluding carboxylic acids is 2. The highest BCUT2D eigenvalue weighted by atomic mass is 16.3. The maximum Gasteiger partial charge on any atom is 0.258 e. The van der Waals surface area contributed by atoms with Crippen LogP contribution in [-0.2, 0) is 9.59 Å². The molecule has 1 rings (SSSR count). The fraction of sp³-hybridized carbons (Fsp3) is 0.333. The predicted molar refractivity (Wildman–Crippen MR) is 36.7 cm³/mol. The molecular formula is C6H8N2O3. The number of aliphatic hydroxyl groups excluding tert-OH is 1. The molecule has 0 saturated heterocycles. The van der Waals surface area contributed by atoms with E-state index in [0.717, 1.165) is 0 Å². The van der Waals surface area contributed by atoms with Crippen LogP contribution in [0.25, 0.3) is 0 Å². The Balaban J connectivity index is 2.93. The van der Waals surface area contributed by atoms with Crippen LogP contribution in [0.5, 0.6) is 0 Å². The Morgan fingerprint density at radius 1 is 1.73 bits per heavy atom. The highest BCUT2D eigenvalue weighted by Gasteiger charge is 2.29. The first-order valence-electron chi connectivity index (χ1n) is 3.10. The van der Waals surface area contributed by atoms with Gasteiger partial charge in [0.25, 0.3) is 5.91 Å². The summed E-state index contributed by atoms with van der Waals surface area (Å²) in [5.74, 6) is -0.819. The molecule has 1 aliphatic rings. The summed E-state index contributed by atoms with van der Waals surface area (Å²) in [5, 5.41) is 11.4. The number of amides is 1. The molecule has 1 heterocycles. The molecule has 0 saturated carbocycles. The Kier molecular flexibility index (Phi) is 1.91. The number of rotatable bonds is 2. The van der Waals surface area contributed by atoms with Crippen LogP contribution in [0.15, 0.2) is 11.3 Å². The average molecular weight is 156 g/mol. The van der Waals surface area contributed by atoms with Crippen LogP contribution in [-0.4, -0.2) is 29.9 Å². The van der Waals surface area contributed by atoms with Crippen molar-refractivity contribution in [2.75, 3.05) is 6.54 Å². The molecule has 1 amide bonds. The normalized spacial score (nSPS) is 23.7. The van der Waals surface area contributed by atoms with E-state index in [4.69, 9.17) is 10.8 Å². The molecule has 0 aromatic carbocycles. The summed E-state index contributed by atoms with van der Waals surface area (Å²) < 4.78 is 0. The molecule has 0 spiro atoms. The van der Waals surface area contributed by atoms with Crippen LogP contribution in [0.1, 0.15) is 0 Å².